The van der Waals surface area contributed by atoms with Crippen LogP contribution in [-0.4, -0.2) is 15.3 Å². The molecule has 0 unspecified atom stereocenters. The second-order valence-corrected chi connectivity index (χ2v) is 4.69. The molecule has 0 aliphatic rings. The smallest absolute Gasteiger partial charge is 0.129 e. The molecule has 0 radical (unpaired) electrons. The van der Waals surface area contributed by atoms with E-state index in [1.807, 2.05) is 25.1 Å². The Kier molecular flexibility index (Phi) is 3.48. The lowest BCUT2D eigenvalue weighted by atomic mass is 10.2. The van der Waals surface area contributed by atoms with E-state index in [9.17, 15) is 4.79 Å². The summed E-state index contributed by atoms with van der Waals surface area (Å²) < 4.78 is 2.13. The maximum Gasteiger partial charge on any atom is 0.129 e. The van der Waals surface area contributed by atoms with Gasteiger partial charge in [0.05, 0.1) is 11.0 Å². The summed E-state index contributed by atoms with van der Waals surface area (Å²) in [6.07, 6.45) is 1.47. The van der Waals surface area contributed by atoms with Gasteiger partial charge in [0.15, 0.2) is 0 Å². The number of carbonyl (C=O) groups excluding carboxylic acids is 1. The van der Waals surface area contributed by atoms with Crippen molar-refractivity contribution >= 4 is 28.4 Å². The summed E-state index contributed by atoms with van der Waals surface area (Å²) in [7, 11) is 0. The summed E-state index contributed by atoms with van der Waals surface area (Å²) in [6, 6.07) is 5.71. The van der Waals surface area contributed by atoms with E-state index in [2.05, 4.69) is 9.55 Å². The first-order chi connectivity index (χ1) is 8.08. The lowest BCUT2D eigenvalue weighted by molar-refractivity contribution is -0.117. The molecule has 0 N–H and O–H groups in total. The van der Waals surface area contributed by atoms with Crippen molar-refractivity contribution in [1.82, 2.24) is 9.55 Å². The fraction of sp³-hybridized carbons (Fsp3) is 0.385. The molecule has 0 bridgehead atoms. The molecule has 2 rings (SSSR count). The van der Waals surface area contributed by atoms with Gasteiger partial charge in [0.2, 0.25) is 0 Å². The van der Waals surface area contributed by atoms with Crippen LogP contribution in [-0.2, 0) is 11.3 Å². The van der Waals surface area contributed by atoms with Gasteiger partial charge < -0.3 is 9.36 Å². The lowest BCUT2D eigenvalue weighted by Crippen LogP contribution is -2.02. The fourth-order valence-corrected chi connectivity index (χ4v) is 2.16. The number of aromatic nitrogens is 2. The average Bonchev–Trinajstić information content (AvgIpc) is 2.54. The van der Waals surface area contributed by atoms with Crippen LogP contribution in [0.4, 0.5) is 0 Å². The van der Waals surface area contributed by atoms with Crippen molar-refractivity contribution in [3.05, 3.63) is 29.0 Å². The number of imidazole rings is 1. The van der Waals surface area contributed by atoms with E-state index in [1.165, 1.54) is 0 Å². The Bertz CT molecular complexity index is 560. The molecule has 90 valence electrons. The zero-order valence-corrected chi connectivity index (χ0v) is 10.8. The van der Waals surface area contributed by atoms with E-state index < -0.39 is 0 Å². The Morgan fingerprint density at radius 3 is 2.94 bits per heavy atom. The number of Topliss-reactive ketones (excluding diaryl/α,β-unsaturated/α-hetero) is 1. The van der Waals surface area contributed by atoms with Crippen LogP contribution >= 0.6 is 11.6 Å². The first-order valence-electron chi connectivity index (χ1n) is 5.70. The zero-order chi connectivity index (χ0) is 12.4. The molecule has 0 fully saturated rings. The summed E-state index contributed by atoms with van der Waals surface area (Å²) in [5.41, 5.74) is 1.99. The van der Waals surface area contributed by atoms with Crippen molar-refractivity contribution in [3.63, 3.8) is 0 Å². The molecule has 4 heteroatoms. The standard InChI is InChI=1S/C13H15ClN2O/c1-9(17)4-3-7-16-10(2)15-12-8-11(14)5-6-13(12)16/h5-6,8H,3-4,7H2,1-2H3. The number of hydrogen-bond acceptors (Lipinski definition) is 2. The Morgan fingerprint density at radius 2 is 2.24 bits per heavy atom. The second-order valence-electron chi connectivity index (χ2n) is 4.25. The molecule has 2 aromatic rings. The number of aryl methyl sites for hydroxylation is 2. The Labute approximate surface area is 105 Å². The SMILES string of the molecule is CC(=O)CCCn1c(C)nc2cc(Cl)ccc21. The number of rotatable bonds is 4. The molecular formula is C13H15ClN2O. The third-order valence-electron chi connectivity index (χ3n) is 2.81. The normalized spacial score (nSPS) is 11.0. The van der Waals surface area contributed by atoms with Gasteiger partial charge in [-0.1, -0.05) is 11.6 Å². The molecule has 1 aromatic heterocycles. The molecular weight excluding hydrogens is 236 g/mol. The largest absolute Gasteiger partial charge is 0.328 e. The zero-order valence-electron chi connectivity index (χ0n) is 10.0. The number of ketones is 1. The number of nitrogens with zero attached hydrogens (tertiary/aromatic N) is 2. The van der Waals surface area contributed by atoms with Gasteiger partial charge in [-0.3, -0.25) is 0 Å². The van der Waals surface area contributed by atoms with Gasteiger partial charge in [-0.15, -0.1) is 0 Å². The van der Waals surface area contributed by atoms with Crippen LogP contribution < -0.4 is 0 Å². The highest BCUT2D eigenvalue weighted by Crippen LogP contribution is 2.20. The number of carbonyl (C=O) groups is 1. The van der Waals surface area contributed by atoms with E-state index in [1.54, 1.807) is 6.92 Å². The predicted octanol–water partition coefficient (Wildman–Crippen LogP) is 3.37. The molecule has 3 nitrogen and oxygen atoms in total. The highest BCUT2D eigenvalue weighted by molar-refractivity contribution is 6.31. The summed E-state index contributed by atoms with van der Waals surface area (Å²) in [5.74, 6) is 1.20. The Balaban J connectivity index is 2.27. The van der Waals surface area contributed by atoms with Gasteiger partial charge in [0, 0.05) is 18.0 Å². The van der Waals surface area contributed by atoms with Crippen molar-refractivity contribution in [2.24, 2.45) is 0 Å². The third-order valence-corrected chi connectivity index (χ3v) is 3.05. The molecule has 0 atom stereocenters. The molecule has 17 heavy (non-hydrogen) atoms. The molecule has 0 spiro atoms. The van der Waals surface area contributed by atoms with E-state index in [4.69, 9.17) is 11.6 Å². The van der Waals surface area contributed by atoms with Gasteiger partial charge in [0.25, 0.3) is 0 Å². The lowest BCUT2D eigenvalue weighted by Gasteiger charge is -2.05. The molecule has 0 aliphatic carbocycles. The molecule has 1 heterocycles. The third kappa shape index (κ3) is 2.67. The topological polar surface area (TPSA) is 34.9 Å². The molecule has 0 aliphatic heterocycles. The molecule has 1 aromatic carbocycles. The fourth-order valence-electron chi connectivity index (χ4n) is 1.99. The van der Waals surface area contributed by atoms with E-state index in [0.29, 0.717) is 11.4 Å². The minimum absolute atomic E-state index is 0.232. The van der Waals surface area contributed by atoms with Crippen LogP contribution in [0.2, 0.25) is 5.02 Å². The summed E-state index contributed by atoms with van der Waals surface area (Å²) in [4.78, 5) is 15.4. The van der Waals surface area contributed by atoms with E-state index in [0.717, 1.165) is 29.8 Å². The summed E-state index contributed by atoms with van der Waals surface area (Å²) >= 11 is 5.93. The van der Waals surface area contributed by atoms with Crippen molar-refractivity contribution in [1.29, 1.82) is 0 Å². The number of halogens is 1. The predicted molar refractivity (Wildman–Crippen MR) is 69.4 cm³/mol. The quantitative estimate of drug-likeness (QED) is 0.834. The van der Waals surface area contributed by atoms with Crippen molar-refractivity contribution in [2.75, 3.05) is 0 Å². The first-order valence-corrected chi connectivity index (χ1v) is 6.07. The highest BCUT2D eigenvalue weighted by atomic mass is 35.5. The highest BCUT2D eigenvalue weighted by Gasteiger charge is 2.07. The molecule has 0 amide bonds. The number of fused-ring (bicyclic) bond motifs is 1. The van der Waals surface area contributed by atoms with Crippen LogP contribution in [0.1, 0.15) is 25.6 Å². The Morgan fingerprint density at radius 1 is 1.47 bits per heavy atom. The molecule has 0 saturated heterocycles. The first kappa shape index (κ1) is 12.1. The maximum absolute atomic E-state index is 10.9. The van der Waals surface area contributed by atoms with E-state index in [-0.39, 0.29) is 5.78 Å². The van der Waals surface area contributed by atoms with Gasteiger partial charge in [-0.2, -0.15) is 0 Å². The second kappa shape index (κ2) is 4.88. The van der Waals surface area contributed by atoms with Crippen molar-refractivity contribution < 1.29 is 4.79 Å². The maximum atomic E-state index is 10.9. The van der Waals surface area contributed by atoms with Gasteiger partial charge in [-0.25, -0.2) is 4.98 Å². The summed E-state index contributed by atoms with van der Waals surface area (Å²) in [6.45, 7) is 4.42. The minimum Gasteiger partial charge on any atom is -0.328 e. The molecule has 0 saturated carbocycles. The van der Waals surface area contributed by atoms with Crippen molar-refractivity contribution in [2.45, 2.75) is 33.2 Å². The summed E-state index contributed by atoms with van der Waals surface area (Å²) in [5, 5.41) is 0.700. The number of hydrogen-bond donors (Lipinski definition) is 0. The van der Waals surface area contributed by atoms with Gasteiger partial charge in [0.1, 0.15) is 11.6 Å². The van der Waals surface area contributed by atoms with Crippen LogP contribution in [0.25, 0.3) is 11.0 Å². The number of benzene rings is 1. The minimum atomic E-state index is 0.232. The Hall–Kier alpha value is -1.35. The van der Waals surface area contributed by atoms with Crippen LogP contribution in [0.15, 0.2) is 18.2 Å². The van der Waals surface area contributed by atoms with Crippen LogP contribution in [0, 0.1) is 6.92 Å². The monoisotopic (exact) mass is 250 g/mol. The van der Waals surface area contributed by atoms with Crippen LogP contribution in [0.3, 0.4) is 0 Å². The van der Waals surface area contributed by atoms with Crippen molar-refractivity contribution in [3.8, 4) is 0 Å². The van der Waals surface area contributed by atoms with Gasteiger partial charge >= 0.3 is 0 Å². The van der Waals surface area contributed by atoms with Crippen LogP contribution in [0.5, 0.6) is 0 Å². The van der Waals surface area contributed by atoms with Gasteiger partial charge in [-0.05, 0) is 38.5 Å². The van der Waals surface area contributed by atoms with E-state index >= 15 is 0 Å². The average molecular weight is 251 g/mol.